The van der Waals surface area contributed by atoms with Crippen LogP contribution in [0.3, 0.4) is 0 Å². The molecule has 1 saturated carbocycles. The van der Waals surface area contributed by atoms with Crippen molar-refractivity contribution in [3.05, 3.63) is 33.9 Å². The van der Waals surface area contributed by atoms with Crippen molar-refractivity contribution in [1.29, 1.82) is 5.26 Å². The summed E-state index contributed by atoms with van der Waals surface area (Å²) in [6.07, 6.45) is 2.12. The first-order valence-electron chi connectivity index (χ1n) is 5.83. The van der Waals surface area contributed by atoms with E-state index in [1.165, 1.54) is 23.9 Å². The molecular weight excluding hydrogens is 280 g/mol. The minimum atomic E-state index is -0.568. The van der Waals surface area contributed by atoms with Gasteiger partial charge in [0, 0.05) is 11.0 Å². The number of nitrogens with zero attached hydrogens (tertiary/aromatic N) is 6. The number of hydrogen-bond donors (Lipinski definition) is 0. The van der Waals surface area contributed by atoms with E-state index >= 15 is 0 Å². The zero-order valence-corrected chi connectivity index (χ0v) is 10.9. The molecule has 1 aliphatic carbocycles. The second kappa shape index (κ2) is 4.90. The Morgan fingerprint density at radius 3 is 2.95 bits per heavy atom. The van der Waals surface area contributed by atoms with E-state index in [2.05, 4.69) is 15.5 Å². The highest BCUT2D eigenvalue weighted by molar-refractivity contribution is 7.99. The Labute approximate surface area is 117 Å². The summed E-state index contributed by atoms with van der Waals surface area (Å²) < 4.78 is 1.75. The Hall–Kier alpha value is -2.47. The number of nitro groups is 1. The number of aromatic nitrogens is 4. The zero-order valence-electron chi connectivity index (χ0n) is 10.1. The summed E-state index contributed by atoms with van der Waals surface area (Å²) in [7, 11) is 0. The van der Waals surface area contributed by atoms with Crippen molar-refractivity contribution in [2.24, 2.45) is 0 Å². The van der Waals surface area contributed by atoms with Crippen LogP contribution in [0.25, 0.3) is 0 Å². The van der Waals surface area contributed by atoms with Crippen LogP contribution in [-0.4, -0.2) is 25.1 Å². The quantitative estimate of drug-likeness (QED) is 0.624. The fourth-order valence-electron chi connectivity index (χ4n) is 1.73. The average Bonchev–Trinajstić information content (AvgIpc) is 3.19. The smallest absolute Gasteiger partial charge is 0.258 e. The molecule has 0 aliphatic heterocycles. The molecule has 0 atom stereocenters. The lowest BCUT2D eigenvalue weighted by Gasteiger charge is -2.02. The van der Waals surface area contributed by atoms with Crippen molar-refractivity contribution in [2.75, 3.05) is 0 Å². The van der Waals surface area contributed by atoms with Crippen molar-refractivity contribution in [3.63, 3.8) is 0 Å². The summed E-state index contributed by atoms with van der Waals surface area (Å²) in [6.45, 7) is 0. The maximum Gasteiger partial charge on any atom is 0.287 e. The van der Waals surface area contributed by atoms with Gasteiger partial charge in [-0.2, -0.15) is 5.26 Å². The van der Waals surface area contributed by atoms with E-state index in [0.29, 0.717) is 16.1 Å². The topological polar surface area (TPSA) is 111 Å². The minimum absolute atomic E-state index is 0.0328. The number of tetrazole rings is 1. The highest BCUT2D eigenvalue weighted by atomic mass is 32.2. The lowest BCUT2D eigenvalue weighted by atomic mass is 10.2. The number of nitro benzene ring substituents is 1. The van der Waals surface area contributed by atoms with E-state index in [9.17, 15) is 10.1 Å². The second-order valence-electron chi connectivity index (χ2n) is 4.29. The summed E-state index contributed by atoms with van der Waals surface area (Å²) >= 11 is 1.29. The molecule has 1 fully saturated rings. The number of hydrogen-bond acceptors (Lipinski definition) is 7. The van der Waals surface area contributed by atoms with Crippen LogP contribution < -0.4 is 0 Å². The van der Waals surface area contributed by atoms with Crippen LogP contribution in [0.5, 0.6) is 0 Å². The molecule has 0 saturated heterocycles. The summed E-state index contributed by atoms with van der Waals surface area (Å²) in [5.74, 6) is 0. The van der Waals surface area contributed by atoms with Crippen LogP contribution in [0.1, 0.15) is 24.4 Å². The van der Waals surface area contributed by atoms with Crippen LogP contribution in [-0.2, 0) is 0 Å². The van der Waals surface area contributed by atoms with Gasteiger partial charge in [-0.3, -0.25) is 10.1 Å². The summed E-state index contributed by atoms with van der Waals surface area (Å²) in [5, 5.41) is 31.9. The SMILES string of the molecule is N#Cc1cc(Sc2nnnn2C2CC2)ccc1[N+](=O)[O-]. The third-order valence-electron chi connectivity index (χ3n) is 2.85. The van der Waals surface area contributed by atoms with Crippen LogP contribution in [0, 0.1) is 21.4 Å². The van der Waals surface area contributed by atoms with Gasteiger partial charge < -0.3 is 0 Å². The van der Waals surface area contributed by atoms with Crippen LogP contribution in [0.4, 0.5) is 5.69 Å². The first-order chi connectivity index (χ1) is 9.69. The molecule has 0 bridgehead atoms. The lowest BCUT2D eigenvalue weighted by molar-refractivity contribution is -0.385. The molecule has 0 N–H and O–H groups in total. The van der Waals surface area contributed by atoms with Gasteiger partial charge in [0.15, 0.2) is 0 Å². The van der Waals surface area contributed by atoms with Gasteiger partial charge in [0.25, 0.3) is 5.69 Å². The van der Waals surface area contributed by atoms with E-state index in [1.54, 1.807) is 10.7 Å². The largest absolute Gasteiger partial charge is 0.287 e. The monoisotopic (exact) mass is 288 g/mol. The van der Waals surface area contributed by atoms with Crippen LogP contribution in [0.2, 0.25) is 0 Å². The number of rotatable bonds is 4. The maximum atomic E-state index is 10.8. The lowest BCUT2D eigenvalue weighted by Crippen LogP contribution is -1.98. The molecule has 0 radical (unpaired) electrons. The molecule has 1 aromatic heterocycles. The Kier molecular flexibility index (Phi) is 3.08. The molecule has 3 rings (SSSR count). The fraction of sp³-hybridized carbons (Fsp3) is 0.273. The molecule has 2 aromatic rings. The van der Waals surface area contributed by atoms with Gasteiger partial charge >= 0.3 is 0 Å². The Balaban J connectivity index is 1.89. The van der Waals surface area contributed by atoms with Gasteiger partial charge in [0.2, 0.25) is 5.16 Å². The second-order valence-corrected chi connectivity index (χ2v) is 5.33. The van der Waals surface area contributed by atoms with Crippen molar-refractivity contribution in [2.45, 2.75) is 28.9 Å². The highest BCUT2D eigenvalue weighted by Crippen LogP contribution is 2.38. The Morgan fingerprint density at radius 2 is 2.30 bits per heavy atom. The van der Waals surface area contributed by atoms with Gasteiger partial charge in [-0.1, -0.05) is 0 Å². The molecule has 20 heavy (non-hydrogen) atoms. The fourth-order valence-corrected chi connectivity index (χ4v) is 2.61. The van der Waals surface area contributed by atoms with Gasteiger partial charge in [-0.15, -0.1) is 5.10 Å². The molecule has 1 aromatic carbocycles. The minimum Gasteiger partial charge on any atom is -0.258 e. The molecule has 0 amide bonds. The molecular formula is C11H8N6O2S. The van der Waals surface area contributed by atoms with Crippen LogP contribution >= 0.6 is 11.8 Å². The first-order valence-corrected chi connectivity index (χ1v) is 6.65. The number of benzene rings is 1. The molecule has 1 heterocycles. The summed E-state index contributed by atoms with van der Waals surface area (Å²) in [5.41, 5.74) is -0.163. The van der Waals surface area contributed by atoms with Crippen molar-refractivity contribution < 1.29 is 4.92 Å². The third kappa shape index (κ3) is 2.33. The summed E-state index contributed by atoms with van der Waals surface area (Å²) in [6, 6.07) is 6.58. The molecule has 8 nitrogen and oxygen atoms in total. The van der Waals surface area contributed by atoms with E-state index in [-0.39, 0.29) is 11.3 Å². The van der Waals surface area contributed by atoms with E-state index in [4.69, 9.17) is 5.26 Å². The molecule has 0 spiro atoms. The highest BCUT2D eigenvalue weighted by Gasteiger charge is 2.28. The van der Waals surface area contributed by atoms with Crippen molar-refractivity contribution in [1.82, 2.24) is 20.2 Å². The molecule has 0 unspecified atom stereocenters. The van der Waals surface area contributed by atoms with Gasteiger partial charge in [0.05, 0.1) is 11.0 Å². The van der Waals surface area contributed by atoms with E-state index < -0.39 is 4.92 Å². The average molecular weight is 288 g/mol. The standard InChI is InChI=1S/C11H8N6O2S/c12-6-7-5-9(3-4-10(7)17(18)19)20-11-13-14-15-16(11)8-1-2-8/h3-5,8H,1-2H2. The van der Waals surface area contributed by atoms with Gasteiger partial charge in [-0.05, 0) is 47.2 Å². The first kappa shape index (κ1) is 12.6. The van der Waals surface area contributed by atoms with Crippen LogP contribution in [0.15, 0.2) is 28.3 Å². The molecule has 1 aliphatic rings. The predicted octanol–water partition coefficient (Wildman–Crippen LogP) is 1.94. The predicted molar refractivity (Wildman–Crippen MR) is 68.0 cm³/mol. The zero-order chi connectivity index (χ0) is 14.1. The normalized spacial score (nSPS) is 13.9. The Morgan fingerprint density at radius 1 is 1.50 bits per heavy atom. The van der Waals surface area contributed by atoms with E-state index in [1.807, 2.05) is 6.07 Å². The number of nitriles is 1. The van der Waals surface area contributed by atoms with Gasteiger partial charge in [-0.25, -0.2) is 4.68 Å². The third-order valence-corrected chi connectivity index (χ3v) is 3.79. The van der Waals surface area contributed by atoms with Gasteiger partial charge in [0.1, 0.15) is 11.6 Å². The summed E-state index contributed by atoms with van der Waals surface area (Å²) in [4.78, 5) is 10.9. The van der Waals surface area contributed by atoms with E-state index in [0.717, 1.165) is 12.8 Å². The Bertz CT molecular complexity index is 718. The molecule has 9 heteroatoms. The maximum absolute atomic E-state index is 10.8. The van der Waals surface area contributed by atoms with Crippen molar-refractivity contribution >= 4 is 17.4 Å². The van der Waals surface area contributed by atoms with Crippen molar-refractivity contribution in [3.8, 4) is 6.07 Å². The molecule has 100 valence electrons.